The number of rotatable bonds is 6. The predicted octanol–water partition coefficient (Wildman–Crippen LogP) is 1.55. The average molecular weight is 407 g/mol. The molecule has 0 radical (unpaired) electrons. The SMILES string of the molecule is N=C(N)NCCC[C@H](N)C(O)c1nc2ccccc2s1.O=C(O)C(F)(F)F. The molecule has 1 heterocycles. The van der Waals surface area contributed by atoms with Gasteiger partial charge in [0.15, 0.2) is 5.96 Å². The summed E-state index contributed by atoms with van der Waals surface area (Å²) in [6, 6.07) is 7.40. The van der Waals surface area contributed by atoms with E-state index >= 15 is 0 Å². The molecule has 1 aromatic heterocycles. The number of guanidine groups is 1. The van der Waals surface area contributed by atoms with Crippen molar-refractivity contribution in [3.8, 4) is 0 Å². The van der Waals surface area contributed by atoms with E-state index in [0.29, 0.717) is 18.0 Å². The first-order chi connectivity index (χ1) is 12.5. The van der Waals surface area contributed by atoms with Gasteiger partial charge in [-0.1, -0.05) is 12.1 Å². The van der Waals surface area contributed by atoms with Crippen molar-refractivity contribution >= 4 is 33.5 Å². The molecule has 0 amide bonds. The van der Waals surface area contributed by atoms with Crippen molar-refractivity contribution < 1.29 is 28.2 Å². The standard InChI is InChI=1S/C13H19N5OS.C2HF3O2/c14-8(4-3-7-17-13(15)16)11(19)12-18-9-5-1-2-6-10(9)20-12;3-2(4,5)1(6)7/h1-2,5-6,8,11,19H,3-4,7,14H2,(H4,15,16,17);(H,6,7)/t8-,11?;/m0./s1. The second-order valence-corrected chi connectivity index (χ2v) is 6.48. The molecule has 1 aromatic carbocycles. The van der Waals surface area contributed by atoms with Crippen LogP contribution < -0.4 is 16.8 Å². The Hall–Kier alpha value is -2.44. The van der Waals surface area contributed by atoms with Crippen LogP contribution in [-0.4, -0.2) is 45.9 Å². The van der Waals surface area contributed by atoms with Crippen molar-refractivity contribution in [2.24, 2.45) is 11.5 Å². The minimum Gasteiger partial charge on any atom is -0.475 e. The largest absolute Gasteiger partial charge is 0.490 e. The van der Waals surface area contributed by atoms with Gasteiger partial charge in [0.05, 0.1) is 10.2 Å². The van der Waals surface area contributed by atoms with Crippen LogP contribution in [0.2, 0.25) is 0 Å². The highest BCUT2D eigenvalue weighted by molar-refractivity contribution is 7.18. The molecule has 8 nitrogen and oxygen atoms in total. The van der Waals surface area contributed by atoms with Gasteiger partial charge in [0, 0.05) is 12.6 Å². The lowest BCUT2D eigenvalue weighted by atomic mass is 10.1. The molecule has 0 saturated carbocycles. The number of carboxylic acids is 1. The number of aromatic nitrogens is 1. The molecule has 0 aliphatic rings. The Morgan fingerprint density at radius 1 is 1.37 bits per heavy atom. The fourth-order valence-electron chi connectivity index (χ4n) is 1.92. The first-order valence-electron chi connectivity index (χ1n) is 7.69. The molecule has 0 aliphatic carbocycles. The second-order valence-electron chi connectivity index (χ2n) is 5.41. The maximum atomic E-state index is 10.6. The van der Waals surface area contributed by atoms with E-state index in [1.807, 2.05) is 24.3 Å². The number of aliphatic hydroxyl groups is 1. The monoisotopic (exact) mass is 407 g/mol. The Labute approximate surface area is 156 Å². The van der Waals surface area contributed by atoms with Crippen molar-refractivity contribution in [2.75, 3.05) is 6.54 Å². The van der Waals surface area contributed by atoms with E-state index in [1.165, 1.54) is 11.3 Å². The molecular formula is C15H20F3N5O3S. The number of nitrogens with one attached hydrogen (secondary N) is 2. The van der Waals surface area contributed by atoms with E-state index in [4.69, 9.17) is 26.8 Å². The molecule has 2 rings (SSSR count). The Morgan fingerprint density at radius 3 is 2.48 bits per heavy atom. The van der Waals surface area contributed by atoms with Crippen LogP contribution in [0.5, 0.6) is 0 Å². The third-order valence-electron chi connectivity index (χ3n) is 3.24. The zero-order valence-electron chi connectivity index (χ0n) is 14.0. The molecular weight excluding hydrogens is 387 g/mol. The number of nitrogens with two attached hydrogens (primary N) is 2. The molecule has 12 heteroatoms. The molecule has 150 valence electrons. The number of carbonyl (C=O) groups is 1. The van der Waals surface area contributed by atoms with Crippen LogP contribution in [0.25, 0.3) is 10.2 Å². The van der Waals surface area contributed by atoms with Crippen molar-refractivity contribution in [3.63, 3.8) is 0 Å². The summed E-state index contributed by atoms with van der Waals surface area (Å²) in [6.45, 7) is 0.579. The minimum absolute atomic E-state index is 0.0507. The normalized spacial score (nSPS) is 13.4. The molecule has 1 unspecified atom stereocenters. The summed E-state index contributed by atoms with van der Waals surface area (Å²) in [4.78, 5) is 13.3. The molecule has 0 saturated heterocycles. The number of halogens is 3. The number of nitrogens with zero attached hydrogens (tertiary/aromatic N) is 1. The second kappa shape index (κ2) is 10.0. The molecule has 2 atom stereocenters. The zero-order valence-corrected chi connectivity index (χ0v) is 14.8. The fraction of sp³-hybridized carbons (Fsp3) is 0.400. The van der Waals surface area contributed by atoms with Crippen LogP contribution in [0.15, 0.2) is 24.3 Å². The number of carboxylic acid groups (broad SMARTS) is 1. The van der Waals surface area contributed by atoms with Gasteiger partial charge in [-0.2, -0.15) is 13.2 Å². The van der Waals surface area contributed by atoms with E-state index in [2.05, 4.69) is 10.3 Å². The third-order valence-corrected chi connectivity index (χ3v) is 4.35. The number of hydrogen-bond donors (Lipinski definition) is 6. The van der Waals surface area contributed by atoms with E-state index in [9.17, 15) is 18.3 Å². The van der Waals surface area contributed by atoms with Gasteiger partial charge < -0.3 is 27.0 Å². The summed E-state index contributed by atoms with van der Waals surface area (Å²) in [7, 11) is 0. The van der Waals surface area contributed by atoms with E-state index in [1.54, 1.807) is 0 Å². The Morgan fingerprint density at radius 2 is 1.96 bits per heavy atom. The lowest BCUT2D eigenvalue weighted by Crippen LogP contribution is -2.33. The summed E-state index contributed by atoms with van der Waals surface area (Å²) in [5.74, 6) is -2.81. The van der Waals surface area contributed by atoms with Crippen LogP contribution in [0.4, 0.5) is 13.2 Å². The van der Waals surface area contributed by atoms with Crippen LogP contribution >= 0.6 is 11.3 Å². The molecule has 0 aliphatic heterocycles. The molecule has 8 N–H and O–H groups in total. The topological polar surface area (TPSA) is 158 Å². The number of benzene rings is 1. The fourth-order valence-corrected chi connectivity index (χ4v) is 2.95. The summed E-state index contributed by atoms with van der Waals surface area (Å²) >= 11 is 1.47. The van der Waals surface area contributed by atoms with Gasteiger partial charge in [-0.25, -0.2) is 9.78 Å². The van der Waals surface area contributed by atoms with Crippen LogP contribution in [0.1, 0.15) is 24.0 Å². The van der Waals surface area contributed by atoms with Crippen molar-refractivity contribution in [1.29, 1.82) is 5.41 Å². The van der Waals surface area contributed by atoms with Gasteiger partial charge in [-0.15, -0.1) is 11.3 Å². The van der Waals surface area contributed by atoms with Gasteiger partial charge in [0.1, 0.15) is 11.1 Å². The van der Waals surface area contributed by atoms with Crippen LogP contribution in [0, 0.1) is 5.41 Å². The number of fused-ring (bicyclic) bond motifs is 1. The van der Waals surface area contributed by atoms with Gasteiger partial charge >= 0.3 is 12.1 Å². The number of thiazole rings is 1. The van der Waals surface area contributed by atoms with Crippen molar-refractivity contribution in [1.82, 2.24) is 10.3 Å². The van der Waals surface area contributed by atoms with Crippen LogP contribution in [0.3, 0.4) is 0 Å². The smallest absolute Gasteiger partial charge is 0.475 e. The highest BCUT2D eigenvalue weighted by Gasteiger charge is 2.38. The molecule has 0 bridgehead atoms. The maximum Gasteiger partial charge on any atom is 0.490 e. The molecule has 0 spiro atoms. The van der Waals surface area contributed by atoms with Crippen LogP contribution in [-0.2, 0) is 4.79 Å². The zero-order chi connectivity index (χ0) is 20.6. The Balaban J connectivity index is 0.000000445. The quantitative estimate of drug-likeness (QED) is 0.241. The molecule has 2 aromatic rings. The summed E-state index contributed by atoms with van der Waals surface area (Å²) in [6.07, 6.45) is -4.47. The van der Waals surface area contributed by atoms with E-state index in [-0.39, 0.29) is 12.0 Å². The summed E-state index contributed by atoms with van der Waals surface area (Å²) < 4.78 is 32.8. The van der Waals surface area contributed by atoms with Gasteiger partial charge in [-0.3, -0.25) is 5.41 Å². The number of alkyl halides is 3. The predicted molar refractivity (Wildman–Crippen MR) is 95.4 cm³/mol. The lowest BCUT2D eigenvalue weighted by Gasteiger charge is -2.16. The molecule has 0 fully saturated rings. The molecule has 27 heavy (non-hydrogen) atoms. The number of aliphatic carboxylic acids is 1. The van der Waals surface area contributed by atoms with E-state index < -0.39 is 18.2 Å². The lowest BCUT2D eigenvalue weighted by molar-refractivity contribution is -0.192. The average Bonchev–Trinajstić information content (AvgIpc) is 3.01. The Bertz CT molecular complexity index is 735. The summed E-state index contributed by atoms with van der Waals surface area (Å²) in [5, 5.41) is 27.8. The van der Waals surface area contributed by atoms with Gasteiger partial charge in [0.2, 0.25) is 0 Å². The number of aliphatic hydroxyl groups excluding tert-OH is 1. The van der Waals surface area contributed by atoms with Gasteiger partial charge in [-0.05, 0) is 25.0 Å². The number of para-hydroxylation sites is 1. The number of hydrogen-bond acceptors (Lipinski definition) is 6. The van der Waals surface area contributed by atoms with Crippen molar-refractivity contribution in [2.45, 2.75) is 31.2 Å². The van der Waals surface area contributed by atoms with Gasteiger partial charge in [0.25, 0.3) is 0 Å². The first kappa shape index (κ1) is 22.6. The highest BCUT2D eigenvalue weighted by Crippen LogP contribution is 2.28. The highest BCUT2D eigenvalue weighted by atomic mass is 32.1. The first-order valence-corrected chi connectivity index (χ1v) is 8.51. The Kier molecular flexibility index (Phi) is 8.40. The summed E-state index contributed by atoms with van der Waals surface area (Å²) in [5.41, 5.74) is 12.1. The maximum absolute atomic E-state index is 10.6. The third kappa shape index (κ3) is 7.76. The van der Waals surface area contributed by atoms with Crippen molar-refractivity contribution in [3.05, 3.63) is 29.3 Å². The van der Waals surface area contributed by atoms with E-state index in [0.717, 1.165) is 16.6 Å². The minimum atomic E-state index is -5.08.